The van der Waals surface area contributed by atoms with Crippen molar-refractivity contribution >= 4 is 5.69 Å². The Morgan fingerprint density at radius 2 is 2.05 bits per heavy atom. The van der Waals surface area contributed by atoms with Crippen LogP contribution in [-0.4, -0.2) is 35.7 Å². The van der Waals surface area contributed by atoms with Crippen LogP contribution in [-0.2, 0) is 0 Å². The molecule has 1 aliphatic heterocycles. The third kappa shape index (κ3) is 3.89. The van der Waals surface area contributed by atoms with Gasteiger partial charge in [0.05, 0.1) is 0 Å². The highest BCUT2D eigenvalue weighted by molar-refractivity contribution is 5.51. The van der Waals surface area contributed by atoms with Gasteiger partial charge in [-0.2, -0.15) is 0 Å². The van der Waals surface area contributed by atoms with E-state index in [1.54, 1.807) is 0 Å². The number of phenols is 1. The van der Waals surface area contributed by atoms with Gasteiger partial charge in [0.15, 0.2) is 0 Å². The van der Waals surface area contributed by atoms with Crippen molar-refractivity contribution in [2.24, 2.45) is 5.92 Å². The summed E-state index contributed by atoms with van der Waals surface area (Å²) >= 11 is 0. The summed E-state index contributed by atoms with van der Waals surface area (Å²) in [7, 11) is 0. The maximum Gasteiger partial charge on any atom is 0.120 e. The van der Waals surface area contributed by atoms with Crippen LogP contribution in [0.1, 0.15) is 38.7 Å². The molecular weight excluding hydrogens is 248 g/mol. The van der Waals surface area contributed by atoms with Crippen molar-refractivity contribution in [3.63, 3.8) is 0 Å². The topological polar surface area (TPSA) is 35.5 Å². The molecule has 1 saturated heterocycles. The Balaban J connectivity index is 1.86. The lowest BCUT2D eigenvalue weighted by Crippen LogP contribution is -2.39. The molecule has 0 bridgehead atoms. The number of anilines is 1. The Labute approximate surface area is 123 Å². The molecule has 2 rings (SSSR count). The van der Waals surface area contributed by atoms with Crippen molar-refractivity contribution in [2.45, 2.75) is 46.1 Å². The van der Waals surface area contributed by atoms with Crippen LogP contribution in [0.5, 0.6) is 5.75 Å². The van der Waals surface area contributed by atoms with Crippen LogP contribution in [0.25, 0.3) is 0 Å². The monoisotopic (exact) mass is 276 g/mol. The summed E-state index contributed by atoms with van der Waals surface area (Å²) in [6.45, 7) is 10.1. The first kappa shape index (κ1) is 15.2. The van der Waals surface area contributed by atoms with Crippen molar-refractivity contribution < 1.29 is 5.11 Å². The van der Waals surface area contributed by atoms with E-state index in [4.69, 9.17) is 0 Å². The van der Waals surface area contributed by atoms with Gasteiger partial charge in [-0.25, -0.2) is 0 Å². The molecule has 0 saturated carbocycles. The highest BCUT2D eigenvalue weighted by Gasteiger charge is 2.23. The zero-order chi connectivity index (χ0) is 14.5. The molecule has 3 heteroatoms. The van der Waals surface area contributed by atoms with E-state index < -0.39 is 0 Å². The second-order valence-electron chi connectivity index (χ2n) is 6.11. The fraction of sp³-hybridized carbons (Fsp3) is 0.647. The second kappa shape index (κ2) is 6.98. The summed E-state index contributed by atoms with van der Waals surface area (Å²) < 4.78 is 0. The number of hydrogen-bond donors (Lipinski definition) is 2. The molecule has 0 aliphatic carbocycles. The van der Waals surface area contributed by atoms with E-state index in [9.17, 15) is 5.11 Å². The molecule has 1 aromatic carbocycles. The lowest BCUT2D eigenvalue weighted by atomic mass is 9.90. The summed E-state index contributed by atoms with van der Waals surface area (Å²) in [6, 6.07) is 6.31. The van der Waals surface area contributed by atoms with E-state index >= 15 is 0 Å². The number of benzene rings is 1. The summed E-state index contributed by atoms with van der Waals surface area (Å²) in [5.41, 5.74) is 1.95. The van der Waals surface area contributed by atoms with Crippen LogP contribution in [0.4, 0.5) is 5.69 Å². The van der Waals surface area contributed by atoms with Crippen molar-refractivity contribution in [3.8, 4) is 5.75 Å². The number of phenolic OH excluding ortho intramolecular Hbond substituents is 1. The van der Waals surface area contributed by atoms with Crippen molar-refractivity contribution in [1.82, 2.24) is 4.90 Å². The average molecular weight is 276 g/mol. The minimum absolute atomic E-state index is 0.375. The molecule has 20 heavy (non-hydrogen) atoms. The number of aromatic hydroxyl groups is 1. The smallest absolute Gasteiger partial charge is 0.120 e. The Kier molecular flexibility index (Phi) is 5.30. The number of likely N-dealkylation sites (tertiary alicyclic amines) is 1. The average Bonchev–Trinajstić information content (AvgIpc) is 2.44. The van der Waals surface area contributed by atoms with Gasteiger partial charge in [0.1, 0.15) is 5.75 Å². The van der Waals surface area contributed by atoms with Crippen LogP contribution < -0.4 is 5.32 Å². The fourth-order valence-corrected chi connectivity index (χ4v) is 3.07. The van der Waals surface area contributed by atoms with Crippen molar-refractivity contribution in [3.05, 3.63) is 23.8 Å². The Hall–Kier alpha value is -1.22. The van der Waals surface area contributed by atoms with Crippen LogP contribution >= 0.6 is 0 Å². The molecule has 2 N–H and O–H groups in total. The van der Waals surface area contributed by atoms with Crippen LogP contribution in [0.15, 0.2) is 18.2 Å². The molecule has 3 nitrogen and oxygen atoms in total. The van der Waals surface area contributed by atoms with Gasteiger partial charge in [-0.3, -0.25) is 0 Å². The number of aryl methyl sites for hydroxylation is 1. The predicted molar refractivity (Wildman–Crippen MR) is 85.4 cm³/mol. The van der Waals surface area contributed by atoms with E-state index in [1.807, 2.05) is 19.1 Å². The SMILES string of the molecule is CCCN1CCC(C(C)Nc2ccc(C)c(O)c2)CC1. The molecule has 112 valence electrons. The lowest BCUT2D eigenvalue weighted by molar-refractivity contribution is 0.176. The van der Waals surface area contributed by atoms with E-state index in [2.05, 4.69) is 30.1 Å². The first-order valence-corrected chi connectivity index (χ1v) is 7.88. The number of nitrogens with zero attached hydrogens (tertiary/aromatic N) is 1. The van der Waals surface area contributed by atoms with E-state index in [-0.39, 0.29) is 0 Å². The number of piperidine rings is 1. The minimum atomic E-state index is 0.375. The normalized spacial score (nSPS) is 18.9. The van der Waals surface area contributed by atoms with E-state index in [1.165, 1.54) is 38.9 Å². The van der Waals surface area contributed by atoms with E-state index in [0.29, 0.717) is 11.8 Å². The van der Waals surface area contributed by atoms with Gasteiger partial charge in [-0.1, -0.05) is 13.0 Å². The first-order valence-electron chi connectivity index (χ1n) is 7.88. The number of hydrogen-bond acceptors (Lipinski definition) is 3. The second-order valence-corrected chi connectivity index (χ2v) is 6.11. The Morgan fingerprint density at radius 3 is 2.65 bits per heavy atom. The van der Waals surface area contributed by atoms with E-state index in [0.717, 1.165) is 17.2 Å². The van der Waals surface area contributed by atoms with Crippen LogP contribution in [0, 0.1) is 12.8 Å². The molecule has 1 atom stereocenters. The maximum absolute atomic E-state index is 9.77. The van der Waals surface area contributed by atoms with Gasteiger partial charge in [0.2, 0.25) is 0 Å². The molecule has 1 aliphatic rings. The molecule has 0 amide bonds. The number of rotatable bonds is 5. The Morgan fingerprint density at radius 1 is 1.35 bits per heavy atom. The first-order chi connectivity index (χ1) is 9.60. The van der Waals surface area contributed by atoms with Gasteiger partial charge < -0.3 is 15.3 Å². The van der Waals surface area contributed by atoms with Gasteiger partial charge in [0, 0.05) is 17.8 Å². The lowest BCUT2D eigenvalue weighted by Gasteiger charge is -2.35. The maximum atomic E-state index is 9.77. The van der Waals surface area contributed by atoms with Gasteiger partial charge in [-0.15, -0.1) is 0 Å². The van der Waals surface area contributed by atoms with Crippen molar-refractivity contribution in [2.75, 3.05) is 25.0 Å². The quantitative estimate of drug-likeness (QED) is 0.862. The molecule has 0 spiro atoms. The van der Waals surface area contributed by atoms with Crippen LogP contribution in [0.2, 0.25) is 0 Å². The molecule has 1 aromatic rings. The Bertz CT molecular complexity index is 425. The standard InChI is InChI=1S/C17H28N2O/c1-4-9-19-10-7-15(8-11-19)14(3)18-16-6-5-13(2)17(20)12-16/h5-6,12,14-15,18,20H,4,7-11H2,1-3H3. The van der Waals surface area contributed by atoms with Gasteiger partial charge in [-0.05, 0) is 70.3 Å². The summed E-state index contributed by atoms with van der Waals surface area (Å²) in [6.07, 6.45) is 3.79. The molecule has 1 heterocycles. The highest BCUT2D eigenvalue weighted by atomic mass is 16.3. The largest absolute Gasteiger partial charge is 0.508 e. The third-order valence-corrected chi connectivity index (χ3v) is 4.48. The summed E-state index contributed by atoms with van der Waals surface area (Å²) in [4.78, 5) is 2.57. The van der Waals surface area contributed by atoms with Gasteiger partial charge in [0.25, 0.3) is 0 Å². The molecule has 1 unspecified atom stereocenters. The predicted octanol–water partition coefficient (Wildman–Crippen LogP) is 3.62. The van der Waals surface area contributed by atoms with Gasteiger partial charge >= 0.3 is 0 Å². The zero-order valence-corrected chi connectivity index (χ0v) is 13.0. The molecular formula is C17H28N2O. The molecule has 0 aromatic heterocycles. The summed E-state index contributed by atoms with van der Waals surface area (Å²) in [5, 5.41) is 13.3. The van der Waals surface area contributed by atoms with Crippen molar-refractivity contribution in [1.29, 1.82) is 0 Å². The molecule has 1 fully saturated rings. The van der Waals surface area contributed by atoms with Crippen LogP contribution in [0.3, 0.4) is 0 Å². The summed E-state index contributed by atoms with van der Waals surface area (Å²) in [5.74, 6) is 1.10. The zero-order valence-electron chi connectivity index (χ0n) is 13.0. The third-order valence-electron chi connectivity index (χ3n) is 4.48. The minimum Gasteiger partial charge on any atom is -0.508 e. The molecule has 0 radical (unpaired) electrons. The fourth-order valence-electron chi connectivity index (χ4n) is 3.07. The highest BCUT2D eigenvalue weighted by Crippen LogP contribution is 2.26. The number of nitrogens with one attached hydrogen (secondary N) is 1.